The molecule has 4 heteroatoms. The number of rotatable bonds is 1. The van der Waals surface area contributed by atoms with Crippen molar-refractivity contribution in [1.29, 1.82) is 0 Å². The van der Waals surface area contributed by atoms with Crippen molar-refractivity contribution in [3.8, 4) is 0 Å². The van der Waals surface area contributed by atoms with Crippen LogP contribution in [0.4, 0.5) is 0 Å². The number of carbonyl (C=O) groups is 1. The van der Waals surface area contributed by atoms with Gasteiger partial charge in [-0.3, -0.25) is 4.79 Å². The summed E-state index contributed by atoms with van der Waals surface area (Å²) in [6.07, 6.45) is 1.89. The van der Waals surface area contributed by atoms with E-state index < -0.39 is 0 Å². The maximum Gasteiger partial charge on any atom is 0.228 e. The van der Waals surface area contributed by atoms with Gasteiger partial charge in [-0.05, 0) is 19.8 Å². The fraction of sp³-hybridized carbons (Fsp3) is 0.900. The Balaban J connectivity index is 1.94. The van der Waals surface area contributed by atoms with E-state index in [1.165, 1.54) is 0 Å². The Bertz CT molecular complexity index is 232. The van der Waals surface area contributed by atoms with Crippen LogP contribution in [-0.2, 0) is 9.53 Å². The van der Waals surface area contributed by atoms with Crippen LogP contribution in [0.15, 0.2) is 0 Å². The van der Waals surface area contributed by atoms with E-state index >= 15 is 0 Å². The summed E-state index contributed by atoms with van der Waals surface area (Å²) in [5.74, 6) is 0.309. The Labute approximate surface area is 84.4 Å². The lowest BCUT2D eigenvalue weighted by atomic mass is 10.0. The molecule has 2 rings (SSSR count). The molecule has 2 saturated heterocycles. The molecule has 3 atom stereocenters. The lowest BCUT2D eigenvalue weighted by molar-refractivity contribution is -0.135. The average molecular weight is 198 g/mol. The first-order chi connectivity index (χ1) is 6.68. The van der Waals surface area contributed by atoms with Gasteiger partial charge in [0, 0.05) is 25.7 Å². The zero-order valence-corrected chi connectivity index (χ0v) is 8.61. The second kappa shape index (κ2) is 3.87. The third-order valence-corrected chi connectivity index (χ3v) is 3.23. The SMILES string of the molecule is CC1OCCC1C(=O)N1CC[C@H](N)C1. The van der Waals surface area contributed by atoms with E-state index in [1.807, 2.05) is 11.8 Å². The van der Waals surface area contributed by atoms with Crippen molar-refractivity contribution in [3.05, 3.63) is 0 Å². The van der Waals surface area contributed by atoms with Crippen molar-refractivity contribution in [1.82, 2.24) is 4.90 Å². The van der Waals surface area contributed by atoms with Gasteiger partial charge in [-0.25, -0.2) is 0 Å². The minimum Gasteiger partial charge on any atom is -0.378 e. The number of hydrogen-bond acceptors (Lipinski definition) is 3. The van der Waals surface area contributed by atoms with Gasteiger partial charge in [0.05, 0.1) is 12.0 Å². The third kappa shape index (κ3) is 1.77. The monoisotopic (exact) mass is 198 g/mol. The van der Waals surface area contributed by atoms with E-state index in [1.54, 1.807) is 0 Å². The van der Waals surface area contributed by atoms with Gasteiger partial charge in [-0.15, -0.1) is 0 Å². The second-order valence-electron chi connectivity index (χ2n) is 4.30. The van der Waals surface area contributed by atoms with Gasteiger partial charge in [-0.2, -0.15) is 0 Å². The van der Waals surface area contributed by atoms with Crippen molar-refractivity contribution in [2.75, 3.05) is 19.7 Å². The van der Waals surface area contributed by atoms with E-state index in [0.29, 0.717) is 0 Å². The van der Waals surface area contributed by atoms with Crippen LogP contribution >= 0.6 is 0 Å². The molecule has 1 amide bonds. The molecule has 0 aromatic heterocycles. The molecule has 2 heterocycles. The quantitative estimate of drug-likeness (QED) is 0.644. The van der Waals surface area contributed by atoms with Crippen LogP contribution in [0.1, 0.15) is 19.8 Å². The van der Waals surface area contributed by atoms with Crippen LogP contribution in [0.3, 0.4) is 0 Å². The van der Waals surface area contributed by atoms with E-state index in [2.05, 4.69) is 0 Å². The zero-order chi connectivity index (χ0) is 10.1. The highest BCUT2D eigenvalue weighted by molar-refractivity contribution is 5.80. The molecule has 2 unspecified atom stereocenters. The molecular formula is C10H18N2O2. The Kier molecular flexibility index (Phi) is 2.74. The standard InChI is InChI=1S/C10H18N2O2/c1-7-9(3-5-14-7)10(13)12-4-2-8(11)6-12/h7-9H,2-6,11H2,1H3/t7?,8-,9?/m0/s1. The summed E-state index contributed by atoms with van der Waals surface area (Å²) >= 11 is 0. The number of hydrogen-bond donors (Lipinski definition) is 1. The third-order valence-electron chi connectivity index (χ3n) is 3.23. The molecule has 2 fully saturated rings. The smallest absolute Gasteiger partial charge is 0.228 e. The van der Waals surface area contributed by atoms with Gasteiger partial charge >= 0.3 is 0 Å². The minimum absolute atomic E-state index is 0.0697. The summed E-state index contributed by atoms with van der Waals surface area (Å²) in [5.41, 5.74) is 5.77. The van der Waals surface area contributed by atoms with Crippen LogP contribution < -0.4 is 5.73 Å². The summed E-state index contributed by atoms with van der Waals surface area (Å²) < 4.78 is 5.39. The molecule has 0 aromatic carbocycles. The molecule has 0 aromatic rings. The summed E-state index contributed by atoms with van der Waals surface area (Å²) in [7, 11) is 0. The predicted molar refractivity (Wildman–Crippen MR) is 52.7 cm³/mol. The second-order valence-corrected chi connectivity index (χ2v) is 4.30. The summed E-state index contributed by atoms with van der Waals surface area (Å²) in [5, 5.41) is 0. The number of likely N-dealkylation sites (tertiary alicyclic amines) is 1. The van der Waals surface area contributed by atoms with Gasteiger partial charge in [0.2, 0.25) is 5.91 Å². The van der Waals surface area contributed by atoms with Crippen LogP contribution in [0.25, 0.3) is 0 Å². The lowest BCUT2D eigenvalue weighted by Gasteiger charge is -2.21. The highest BCUT2D eigenvalue weighted by Gasteiger charge is 2.35. The molecule has 2 aliphatic heterocycles. The Hall–Kier alpha value is -0.610. The van der Waals surface area contributed by atoms with Gasteiger partial charge in [0.1, 0.15) is 0 Å². The lowest BCUT2D eigenvalue weighted by Crippen LogP contribution is -2.38. The first-order valence-electron chi connectivity index (χ1n) is 5.34. The van der Waals surface area contributed by atoms with Gasteiger partial charge in [0.15, 0.2) is 0 Å². The summed E-state index contributed by atoms with van der Waals surface area (Å²) in [4.78, 5) is 13.9. The molecule has 0 spiro atoms. The van der Waals surface area contributed by atoms with Crippen molar-refractivity contribution in [2.45, 2.75) is 31.9 Å². The molecule has 14 heavy (non-hydrogen) atoms. The largest absolute Gasteiger partial charge is 0.378 e. The molecule has 0 bridgehead atoms. The van der Waals surface area contributed by atoms with Crippen LogP contribution in [-0.4, -0.2) is 42.6 Å². The van der Waals surface area contributed by atoms with Crippen molar-refractivity contribution >= 4 is 5.91 Å². The summed E-state index contributed by atoms with van der Waals surface area (Å²) in [6.45, 7) is 4.24. The molecule has 2 N–H and O–H groups in total. The highest BCUT2D eigenvalue weighted by Crippen LogP contribution is 2.24. The van der Waals surface area contributed by atoms with Crippen LogP contribution in [0.5, 0.6) is 0 Å². The van der Waals surface area contributed by atoms with E-state index in [0.717, 1.165) is 32.5 Å². The molecule has 0 aliphatic carbocycles. The number of nitrogens with zero attached hydrogens (tertiary/aromatic N) is 1. The molecule has 0 radical (unpaired) electrons. The molecule has 0 saturated carbocycles. The number of amides is 1. The van der Waals surface area contributed by atoms with E-state index in [9.17, 15) is 4.79 Å². The molecule has 4 nitrogen and oxygen atoms in total. The van der Waals surface area contributed by atoms with E-state index in [4.69, 9.17) is 10.5 Å². The number of nitrogens with two attached hydrogens (primary N) is 1. The normalized spacial score (nSPS) is 37.9. The Morgan fingerprint density at radius 3 is 2.79 bits per heavy atom. The number of ether oxygens (including phenoxy) is 1. The minimum atomic E-state index is 0.0697. The van der Waals surface area contributed by atoms with Gasteiger partial charge < -0.3 is 15.4 Å². The number of carbonyl (C=O) groups excluding carboxylic acids is 1. The fourth-order valence-electron chi connectivity index (χ4n) is 2.28. The molecular weight excluding hydrogens is 180 g/mol. The Morgan fingerprint density at radius 2 is 2.29 bits per heavy atom. The zero-order valence-electron chi connectivity index (χ0n) is 8.61. The summed E-state index contributed by atoms with van der Waals surface area (Å²) in [6, 6.07) is 0.177. The van der Waals surface area contributed by atoms with Gasteiger partial charge in [-0.1, -0.05) is 0 Å². The van der Waals surface area contributed by atoms with Crippen LogP contribution in [0, 0.1) is 5.92 Å². The average Bonchev–Trinajstić information content (AvgIpc) is 2.73. The predicted octanol–water partition coefficient (Wildman–Crippen LogP) is -0.0290. The molecule has 2 aliphatic rings. The van der Waals surface area contributed by atoms with Crippen molar-refractivity contribution < 1.29 is 9.53 Å². The van der Waals surface area contributed by atoms with Crippen LogP contribution in [0.2, 0.25) is 0 Å². The first-order valence-corrected chi connectivity index (χ1v) is 5.34. The van der Waals surface area contributed by atoms with Crippen molar-refractivity contribution in [2.24, 2.45) is 11.7 Å². The maximum atomic E-state index is 12.0. The topological polar surface area (TPSA) is 55.6 Å². The maximum absolute atomic E-state index is 12.0. The van der Waals surface area contributed by atoms with Crippen molar-refractivity contribution in [3.63, 3.8) is 0 Å². The Morgan fingerprint density at radius 1 is 1.50 bits per heavy atom. The fourth-order valence-corrected chi connectivity index (χ4v) is 2.28. The molecule has 80 valence electrons. The van der Waals surface area contributed by atoms with Gasteiger partial charge in [0.25, 0.3) is 0 Å². The highest BCUT2D eigenvalue weighted by atomic mass is 16.5. The first kappa shape index (κ1) is 9.93. The van der Waals surface area contributed by atoms with E-state index in [-0.39, 0.29) is 24.0 Å².